The molecule has 2 aromatic rings. The van der Waals surface area contributed by atoms with E-state index in [1.807, 2.05) is 0 Å². The third kappa shape index (κ3) is 3.47. The lowest BCUT2D eigenvalue weighted by molar-refractivity contribution is -0.384. The predicted octanol–water partition coefficient (Wildman–Crippen LogP) is 4.16. The number of anilines is 1. The monoisotopic (exact) mass is 340 g/mol. The molecule has 0 aliphatic heterocycles. The van der Waals surface area contributed by atoms with Gasteiger partial charge in [0.25, 0.3) is 11.6 Å². The highest BCUT2D eigenvalue weighted by Gasteiger charge is 2.15. The van der Waals surface area contributed by atoms with Gasteiger partial charge in [0.2, 0.25) is 0 Å². The Morgan fingerprint density at radius 1 is 1.18 bits per heavy atom. The summed E-state index contributed by atoms with van der Waals surface area (Å²) in [5, 5.41) is 13.9. The van der Waals surface area contributed by atoms with Gasteiger partial charge in [-0.3, -0.25) is 14.9 Å². The second-order valence-electron chi connectivity index (χ2n) is 4.22. The maximum Gasteiger partial charge on any atom is 0.271 e. The Labute approximate surface area is 135 Å². The first-order valence-corrected chi connectivity index (χ1v) is 6.77. The Bertz CT molecular complexity index is 750. The number of methoxy groups -OCH3 is 1. The number of nitrogens with zero attached hydrogens (tertiary/aromatic N) is 1. The first kappa shape index (κ1) is 16.1. The Kier molecular flexibility index (Phi) is 4.85. The van der Waals surface area contributed by atoms with Crippen LogP contribution in [-0.2, 0) is 0 Å². The zero-order chi connectivity index (χ0) is 16.3. The van der Waals surface area contributed by atoms with Crippen LogP contribution in [0.5, 0.6) is 5.75 Å². The number of nitro benzene ring substituents is 1. The number of carbonyl (C=O) groups is 1. The van der Waals surface area contributed by atoms with Crippen LogP contribution >= 0.6 is 23.2 Å². The van der Waals surface area contributed by atoms with E-state index in [0.29, 0.717) is 10.8 Å². The van der Waals surface area contributed by atoms with E-state index in [1.54, 1.807) is 0 Å². The van der Waals surface area contributed by atoms with E-state index in [2.05, 4.69) is 5.32 Å². The number of hydrogen-bond donors (Lipinski definition) is 1. The number of benzene rings is 2. The molecule has 0 aromatic heterocycles. The fourth-order valence-corrected chi connectivity index (χ4v) is 2.04. The minimum Gasteiger partial charge on any atom is -0.495 e. The molecule has 0 spiro atoms. The number of hydrogen-bond acceptors (Lipinski definition) is 4. The molecule has 2 aromatic carbocycles. The topological polar surface area (TPSA) is 81.5 Å². The summed E-state index contributed by atoms with van der Waals surface area (Å²) in [4.78, 5) is 22.4. The normalized spacial score (nSPS) is 10.1. The van der Waals surface area contributed by atoms with Crippen LogP contribution in [-0.4, -0.2) is 17.9 Å². The summed E-state index contributed by atoms with van der Waals surface area (Å²) in [5.74, 6) is -0.184. The molecule has 6 nitrogen and oxygen atoms in total. The summed E-state index contributed by atoms with van der Waals surface area (Å²) in [6, 6.07) is 8.30. The van der Waals surface area contributed by atoms with E-state index < -0.39 is 10.8 Å². The number of amides is 1. The molecule has 1 amide bonds. The van der Waals surface area contributed by atoms with Crippen molar-refractivity contribution >= 4 is 40.5 Å². The quantitative estimate of drug-likeness (QED) is 0.669. The fourth-order valence-electron chi connectivity index (χ4n) is 1.74. The zero-order valence-electron chi connectivity index (χ0n) is 11.3. The summed E-state index contributed by atoms with van der Waals surface area (Å²) in [6.45, 7) is 0. The molecule has 0 heterocycles. The van der Waals surface area contributed by atoms with E-state index in [0.717, 1.165) is 0 Å². The number of carbonyl (C=O) groups excluding carboxylic acids is 1. The van der Waals surface area contributed by atoms with Crippen molar-refractivity contribution in [1.29, 1.82) is 0 Å². The second kappa shape index (κ2) is 6.64. The standard InChI is InChI=1S/C14H10Cl2N2O4/c1-22-13-5-3-9(18(20)21)7-12(13)17-14(19)8-2-4-10(15)11(16)6-8/h2-7H,1H3,(H,17,19). The van der Waals surface area contributed by atoms with Crippen LogP contribution in [0.2, 0.25) is 10.0 Å². The van der Waals surface area contributed by atoms with Gasteiger partial charge in [0, 0.05) is 17.7 Å². The molecule has 0 unspecified atom stereocenters. The van der Waals surface area contributed by atoms with Gasteiger partial charge in [0.15, 0.2) is 0 Å². The first-order valence-electron chi connectivity index (χ1n) is 6.01. The summed E-state index contributed by atoms with van der Waals surface area (Å²) < 4.78 is 5.08. The van der Waals surface area contributed by atoms with Crippen molar-refractivity contribution < 1.29 is 14.5 Å². The number of non-ortho nitro benzene ring substituents is 1. The maximum absolute atomic E-state index is 12.2. The van der Waals surface area contributed by atoms with Gasteiger partial charge in [-0.1, -0.05) is 23.2 Å². The van der Waals surface area contributed by atoms with Crippen LogP contribution in [0.25, 0.3) is 0 Å². The molecular weight excluding hydrogens is 331 g/mol. The molecule has 8 heteroatoms. The predicted molar refractivity (Wildman–Crippen MR) is 84.1 cm³/mol. The largest absolute Gasteiger partial charge is 0.495 e. The van der Waals surface area contributed by atoms with Crippen LogP contribution in [0, 0.1) is 10.1 Å². The Morgan fingerprint density at radius 3 is 2.50 bits per heavy atom. The Morgan fingerprint density at radius 2 is 1.91 bits per heavy atom. The number of ether oxygens (including phenoxy) is 1. The summed E-state index contributed by atoms with van der Waals surface area (Å²) in [7, 11) is 1.40. The average Bonchev–Trinajstić information content (AvgIpc) is 2.49. The van der Waals surface area contributed by atoms with Crippen molar-refractivity contribution in [2.24, 2.45) is 0 Å². The van der Waals surface area contributed by atoms with Gasteiger partial charge >= 0.3 is 0 Å². The van der Waals surface area contributed by atoms with E-state index in [1.165, 1.54) is 43.5 Å². The van der Waals surface area contributed by atoms with E-state index in [9.17, 15) is 14.9 Å². The molecule has 0 aliphatic rings. The molecule has 0 bridgehead atoms. The lowest BCUT2D eigenvalue weighted by Crippen LogP contribution is -2.12. The van der Waals surface area contributed by atoms with Gasteiger partial charge in [0.05, 0.1) is 27.8 Å². The molecule has 0 aliphatic carbocycles. The molecule has 1 N–H and O–H groups in total. The summed E-state index contributed by atoms with van der Waals surface area (Å²) >= 11 is 11.7. The molecule has 22 heavy (non-hydrogen) atoms. The highest BCUT2D eigenvalue weighted by molar-refractivity contribution is 6.42. The van der Waals surface area contributed by atoms with E-state index >= 15 is 0 Å². The number of nitro groups is 1. The van der Waals surface area contributed by atoms with Gasteiger partial charge in [-0.25, -0.2) is 0 Å². The summed E-state index contributed by atoms with van der Waals surface area (Å²) in [5.41, 5.74) is 0.293. The Hall–Kier alpha value is -2.31. The van der Waals surface area contributed by atoms with Crippen LogP contribution in [0.15, 0.2) is 36.4 Å². The number of halogens is 2. The van der Waals surface area contributed by atoms with Crippen LogP contribution in [0.4, 0.5) is 11.4 Å². The molecule has 0 fully saturated rings. The molecule has 114 valence electrons. The van der Waals surface area contributed by atoms with Crippen molar-refractivity contribution in [3.63, 3.8) is 0 Å². The lowest BCUT2D eigenvalue weighted by Gasteiger charge is -2.10. The fraction of sp³-hybridized carbons (Fsp3) is 0.0714. The number of rotatable bonds is 4. The van der Waals surface area contributed by atoms with Crippen molar-refractivity contribution in [2.45, 2.75) is 0 Å². The lowest BCUT2D eigenvalue weighted by atomic mass is 10.2. The smallest absolute Gasteiger partial charge is 0.271 e. The maximum atomic E-state index is 12.2. The average molecular weight is 341 g/mol. The first-order chi connectivity index (χ1) is 10.4. The number of nitrogens with one attached hydrogen (secondary N) is 1. The molecule has 0 saturated heterocycles. The molecule has 2 rings (SSSR count). The van der Waals surface area contributed by atoms with Crippen LogP contribution in [0.1, 0.15) is 10.4 Å². The minimum absolute atomic E-state index is 0.162. The van der Waals surface area contributed by atoms with Gasteiger partial charge in [-0.15, -0.1) is 0 Å². The zero-order valence-corrected chi connectivity index (χ0v) is 12.8. The molecular formula is C14H10Cl2N2O4. The highest BCUT2D eigenvalue weighted by atomic mass is 35.5. The van der Waals surface area contributed by atoms with Gasteiger partial charge in [0.1, 0.15) is 5.75 Å². The SMILES string of the molecule is COc1ccc([N+](=O)[O-])cc1NC(=O)c1ccc(Cl)c(Cl)c1. The van der Waals surface area contributed by atoms with Gasteiger partial charge in [-0.2, -0.15) is 0 Å². The Balaban J connectivity index is 2.32. The highest BCUT2D eigenvalue weighted by Crippen LogP contribution is 2.30. The van der Waals surface area contributed by atoms with E-state index in [-0.39, 0.29) is 22.0 Å². The van der Waals surface area contributed by atoms with Crippen LogP contribution < -0.4 is 10.1 Å². The molecule has 0 atom stereocenters. The molecule has 0 radical (unpaired) electrons. The van der Waals surface area contributed by atoms with Crippen molar-refractivity contribution in [3.8, 4) is 5.75 Å². The van der Waals surface area contributed by atoms with Gasteiger partial charge in [-0.05, 0) is 24.3 Å². The van der Waals surface area contributed by atoms with Crippen molar-refractivity contribution in [1.82, 2.24) is 0 Å². The van der Waals surface area contributed by atoms with Gasteiger partial charge < -0.3 is 10.1 Å². The van der Waals surface area contributed by atoms with Crippen LogP contribution in [0.3, 0.4) is 0 Å². The van der Waals surface area contributed by atoms with E-state index in [4.69, 9.17) is 27.9 Å². The third-order valence-electron chi connectivity index (χ3n) is 2.82. The third-order valence-corrected chi connectivity index (χ3v) is 3.56. The minimum atomic E-state index is -0.561. The second-order valence-corrected chi connectivity index (χ2v) is 5.04. The summed E-state index contributed by atoms with van der Waals surface area (Å²) in [6.07, 6.45) is 0. The van der Waals surface area contributed by atoms with Crippen molar-refractivity contribution in [2.75, 3.05) is 12.4 Å². The van der Waals surface area contributed by atoms with Crippen molar-refractivity contribution in [3.05, 3.63) is 62.1 Å². The molecule has 0 saturated carbocycles.